The van der Waals surface area contributed by atoms with Gasteiger partial charge in [-0.15, -0.1) is 0 Å². The van der Waals surface area contributed by atoms with E-state index in [1.165, 1.54) is 25.3 Å². The van der Waals surface area contributed by atoms with Gasteiger partial charge >= 0.3 is 0 Å². The number of hydrogen-bond donors (Lipinski definition) is 1. The molecule has 0 bridgehead atoms. The van der Waals surface area contributed by atoms with Gasteiger partial charge in [-0.3, -0.25) is 0 Å². The van der Waals surface area contributed by atoms with Crippen molar-refractivity contribution in [1.82, 2.24) is 10.3 Å². The number of piperidine rings is 1. The Labute approximate surface area is 113 Å². The summed E-state index contributed by atoms with van der Waals surface area (Å²) in [5.41, 5.74) is 0.461. The van der Waals surface area contributed by atoms with E-state index >= 15 is 0 Å². The third-order valence-electron chi connectivity index (χ3n) is 4.19. The Hall–Kier alpha value is -1.14. The van der Waals surface area contributed by atoms with Crippen LogP contribution in [-0.2, 0) is 9.84 Å². The summed E-state index contributed by atoms with van der Waals surface area (Å²) in [5, 5.41) is 3.39. The second-order valence-corrected chi connectivity index (χ2v) is 7.75. The van der Waals surface area contributed by atoms with E-state index in [1.807, 2.05) is 6.07 Å². The van der Waals surface area contributed by atoms with E-state index in [4.69, 9.17) is 0 Å². The zero-order valence-corrected chi connectivity index (χ0v) is 11.9. The fraction of sp³-hybridized carbons (Fsp3) is 0.615. The lowest BCUT2D eigenvalue weighted by molar-refractivity contribution is 0.149. The maximum Gasteiger partial charge on any atom is 0.177 e. The minimum Gasteiger partial charge on any atom is -0.355 e. The van der Waals surface area contributed by atoms with Gasteiger partial charge in [0.1, 0.15) is 5.82 Å². The van der Waals surface area contributed by atoms with Crippen molar-refractivity contribution in [1.29, 1.82) is 0 Å². The first kappa shape index (κ1) is 12.9. The summed E-state index contributed by atoms with van der Waals surface area (Å²) in [4.78, 5) is 6.80. The van der Waals surface area contributed by atoms with E-state index < -0.39 is 9.84 Å². The van der Waals surface area contributed by atoms with Crippen LogP contribution in [0.25, 0.3) is 0 Å². The largest absolute Gasteiger partial charge is 0.355 e. The molecule has 1 aromatic rings. The highest BCUT2D eigenvalue weighted by atomic mass is 32.2. The lowest BCUT2D eigenvalue weighted by Crippen LogP contribution is -2.60. The average Bonchev–Trinajstić information content (AvgIpc) is 2.36. The van der Waals surface area contributed by atoms with Gasteiger partial charge in [-0.2, -0.15) is 0 Å². The molecule has 6 heteroatoms. The van der Waals surface area contributed by atoms with Crippen LogP contribution in [0.4, 0.5) is 5.82 Å². The van der Waals surface area contributed by atoms with E-state index in [2.05, 4.69) is 15.2 Å². The monoisotopic (exact) mass is 281 g/mol. The van der Waals surface area contributed by atoms with Crippen molar-refractivity contribution in [2.45, 2.75) is 17.7 Å². The maximum absolute atomic E-state index is 11.4. The van der Waals surface area contributed by atoms with Crippen LogP contribution in [-0.4, -0.2) is 45.8 Å². The van der Waals surface area contributed by atoms with E-state index in [1.54, 1.807) is 6.07 Å². The molecule has 0 aromatic carbocycles. The van der Waals surface area contributed by atoms with Gasteiger partial charge in [0.15, 0.2) is 9.84 Å². The third kappa shape index (κ3) is 2.47. The molecule has 1 spiro atoms. The topological polar surface area (TPSA) is 62.3 Å². The number of nitrogens with zero attached hydrogens (tertiary/aromatic N) is 2. The molecule has 1 N–H and O–H groups in total. The van der Waals surface area contributed by atoms with Gasteiger partial charge in [0, 0.05) is 31.0 Å². The fourth-order valence-electron chi connectivity index (χ4n) is 2.98. The number of rotatable bonds is 2. The molecule has 0 saturated carbocycles. The Morgan fingerprint density at radius 3 is 2.47 bits per heavy atom. The molecule has 0 unspecified atom stereocenters. The van der Waals surface area contributed by atoms with Crippen LogP contribution < -0.4 is 10.2 Å². The molecule has 3 rings (SSSR count). The first-order valence-electron chi connectivity index (χ1n) is 6.60. The maximum atomic E-state index is 11.4. The van der Waals surface area contributed by atoms with Gasteiger partial charge in [0.25, 0.3) is 0 Å². The Balaban J connectivity index is 1.69. The molecule has 0 aliphatic carbocycles. The molecule has 2 saturated heterocycles. The first-order chi connectivity index (χ1) is 8.99. The smallest absolute Gasteiger partial charge is 0.177 e. The van der Waals surface area contributed by atoms with Crippen LogP contribution in [0.5, 0.6) is 0 Å². The Kier molecular flexibility index (Phi) is 3.02. The lowest BCUT2D eigenvalue weighted by Gasteiger charge is -2.53. The van der Waals surface area contributed by atoms with Gasteiger partial charge < -0.3 is 10.2 Å². The molecule has 2 aliphatic rings. The summed E-state index contributed by atoms with van der Waals surface area (Å²) >= 11 is 0. The number of nitrogens with one attached hydrogen (secondary N) is 1. The number of sulfone groups is 1. The molecule has 0 atom stereocenters. The predicted molar refractivity (Wildman–Crippen MR) is 74.1 cm³/mol. The zero-order chi connectivity index (χ0) is 13.5. The van der Waals surface area contributed by atoms with Crippen molar-refractivity contribution in [2.24, 2.45) is 5.41 Å². The predicted octanol–water partition coefficient (Wildman–Crippen LogP) is 0.675. The highest BCUT2D eigenvalue weighted by Gasteiger charge is 2.43. The third-order valence-corrected chi connectivity index (χ3v) is 5.29. The Bertz CT molecular complexity index is 554. The van der Waals surface area contributed by atoms with Crippen LogP contribution >= 0.6 is 0 Å². The van der Waals surface area contributed by atoms with Crippen molar-refractivity contribution in [3.05, 3.63) is 18.3 Å². The second-order valence-electron chi connectivity index (χ2n) is 5.73. The summed E-state index contributed by atoms with van der Waals surface area (Å²) in [6, 6.07) is 3.45. The van der Waals surface area contributed by atoms with Gasteiger partial charge in [0.05, 0.1) is 4.90 Å². The van der Waals surface area contributed by atoms with E-state index in [9.17, 15) is 8.42 Å². The Morgan fingerprint density at radius 1 is 1.26 bits per heavy atom. The Morgan fingerprint density at radius 2 is 1.95 bits per heavy atom. The van der Waals surface area contributed by atoms with Crippen LogP contribution in [0.15, 0.2) is 23.2 Å². The zero-order valence-electron chi connectivity index (χ0n) is 11.1. The lowest BCUT2D eigenvalue weighted by atomic mass is 9.72. The summed E-state index contributed by atoms with van der Waals surface area (Å²) in [5.74, 6) is 0.886. The normalized spacial score (nSPS) is 22.3. The molecule has 5 nitrogen and oxygen atoms in total. The molecule has 3 heterocycles. The summed E-state index contributed by atoms with van der Waals surface area (Å²) < 4.78 is 22.8. The van der Waals surface area contributed by atoms with Crippen molar-refractivity contribution in [2.75, 3.05) is 37.3 Å². The molecule has 1 aromatic heterocycles. The molecular weight excluding hydrogens is 262 g/mol. The summed E-state index contributed by atoms with van der Waals surface area (Å²) in [7, 11) is -3.15. The van der Waals surface area contributed by atoms with Gasteiger partial charge in [0.2, 0.25) is 0 Å². The molecule has 0 radical (unpaired) electrons. The van der Waals surface area contributed by atoms with Gasteiger partial charge in [-0.1, -0.05) is 0 Å². The number of hydrogen-bond acceptors (Lipinski definition) is 5. The minimum atomic E-state index is -3.15. The van der Waals surface area contributed by atoms with Crippen LogP contribution in [0, 0.1) is 5.41 Å². The van der Waals surface area contributed by atoms with Gasteiger partial charge in [-0.25, -0.2) is 13.4 Å². The molecule has 2 aliphatic heterocycles. The number of anilines is 1. The van der Waals surface area contributed by atoms with Crippen LogP contribution in [0.1, 0.15) is 12.8 Å². The number of aromatic nitrogens is 1. The van der Waals surface area contributed by atoms with Crippen molar-refractivity contribution >= 4 is 15.7 Å². The summed E-state index contributed by atoms with van der Waals surface area (Å²) in [6.45, 7) is 4.29. The fourth-order valence-corrected chi connectivity index (χ4v) is 3.54. The summed E-state index contributed by atoms with van der Waals surface area (Å²) in [6.07, 6.45) is 5.12. The molecule has 0 amide bonds. The van der Waals surface area contributed by atoms with E-state index in [0.29, 0.717) is 5.41 Å². The molecule has 2 fully saturated rings. The van der Waals surface area contributed by atoms with E-state index in [0.717, 1.165) is 32.0 Å². The molecular formula is C13H19N3O2S. The standard InChI is InChI=1S/C13H19N3O2S/c1-19(17,18)11-2-3-12(15-8-11)16-9-13(10-16)4-6-14-7-5-13/h2-3,8,14H,4-7,9-10H2,1H3. The SMILES string of the molecule is CS(=O)(=O)c1ccc(N2CC3(CCNCC3)C2)nc1. The van der Waals surface area contributed by atoms with Crippen LogP contribution in [0.2, 0.25) is 0 Å². The van der Waals surface area contributed by atoms with Gasteiger partial charge in [-0.05, 0) is 38.1 Å². The van der Waals surface area contributed by atoms with Crippen molar-refractivity contribution in [3.8, 4) is 0 Å². The quantitative estimate of drug-likeness (QED) is 0.863. The average molecular weight is 281 g/mol. The van der Waals surface area contributed by atoms with Crippen molar-refractivity contribution < 1.29 is 8.42 Å². The highest BCUT2D eigenvalue weighted by Crippen LogP contribution is 2.40. The van der Waals surface area contributed by atoms with E-state index in [-0.39, 0.29) is 4.90 Å². The number of pyridine rings is 1. The molecule has 19 heavy (non-hydrogen) atoms. The molecule has 104 valence electrons. The highest BCUT2D eigenvalue weighted by molar-refractivity contribution is 7.90. The minimum absolute atomic E-state index is 0.286. The first-order valence-corrected chi connectivity index (χ1v) is 8.50. The van der Waals surface area contributed by atoms with Crippen molar-refractivity contribution in [3.63, 3.8) is 0 Å². The second kappa shape index (κ2) is 4.45. The van der Waals surface area contributed by atoms with Crippen LogP contribution in [0.3, 0.4) is 0 Å².